The molecule has 0 amide bonds. The van der Waals surface area contributed by atoms with Crippen molar-refractivity contribution in [1.82, 2.24) is 18.7 Å². The molecule has 0 saturated carbocycles. The summed E-state index contributed by atoms with van der Waals surface area (Å²) in [6.07, 6.45) is 41.1. The minimum Gasteiger partial charge on any atom is -0.381 e. The Bertz CT molecular complexity index is 2500. The van der Waals surface area contributed by atoms with Crippen LogP contribution in [-0.2, 0) is 37.3 Å². The highest BCUT2D eigenvalue weighted by Gasteiger charge is 2.43. The minimum atomic E-state index is -4.60. The van der Waals surface area contributed by atoms with Crippen LogP contribution in [0.3, 0.4) is 0 Å². The lowest BCUT2D eigenvalue weighted by Crippen LogP contribution is -2.51. The third kappa shape index (κ3) is 25.1. The Morgan fingerprint density at radius 2 is 0.863 bits per heavy atom. The van der Waals surface area contributed by atoms with Crippen molar-refractivity contribution in [2.75, 3.05) is 39.4 Å². The van der Waals surface area contributed by atoms with E-state index in [1.807, 2.05) is 60.7 Å². The summed E-state index contributed by atoms with van der Waals surface area (Å²) in [5, 5.41) is 0. The van der Waals surface area contributed by atoms with E-state index in [0.717, 1.165) is 47.7 Å². The van der Waals surface area contributed by atoms with Gasteiger partial charge in [0.05, 0.1) is 37.3 Å². The van der Waals surface area contributed by atoms with Gasteiger partial charge in [-0.25, -0.2) is 9.59 Å². The van der Waals surface area contributed by atoms with Crippen LogP contribution in [0.5, 0.6) is 0 Å². The molecule has 0 aliphatic heterocycles. The molecule has 4 rings (SSSR count). The molecule has 80 heavy (non-hydrogen) atoms. The lowest BCUT2D eigenvalue weighted by molar-refractivity contribution is 0.116. The van der Waals surface area contributed by atoms with Gasteiger partial charge in [-0.05, 0) is 37.3 Å². The van der Waals surface area contributed by atoms with E-state index < -0.39 is 41.9 Å². The molecule has 4 aromatic rings. The first-order chi connectivity index (χ1) is 39.0. The van der Waals surface area contributed by atoms with Crippen LogP contribution in [0.4, 0.5) is 0 Å². The van der Waals surface area contributed by atoms with Crippen LogP contribution >= 0.6 is 7.60 Å². The van der Waals surface area contributed by atoms with Gasteiger partial charge in [0.1, 0.15) is 12.2 Å². The van der Waals surface area contributed by atoms with Gasteiger partial charge in [-0.3, -0.25) is 32.8 Å². The summed E-state index contributed by atoms with van der Waals surface area (Å²) in [4.78, 5) is 79.7. The smallest absolute Gasteiger partial charge is 0.350 e. The Balaban J connectivity index is 1.54. The molecule has 0 unspecified atom stereocenters. The Kier molecular flexibility index (Phi) is 35.0. The van der Waals surface area contributed by atoms with Crippen LogP contribution in [-0.4, -0.2) is 67.9 Å². The highest BCUT2D eigenvalue weighted by atomic mass is 31.2. The summed E-state index contributed by atoms with van der Waals surface area (Å²) < 4.78 is 33.5. The van der Waals surface area contributed by atoms with Gasteiger partial charge in [0.2, 0.25) is 0 Å². The number of aryl methyl sites for hydroxylation is 1. The predicted molar refractivity (Wildman–Crippen MR) is 327 cm³/mol. The molecule has 0 aliphatic carbocycles. The third-order valence-corrected chi connectivity index (χ3v) is 16.3. The van der Waals surface area contributed by atoms with E-state index in [0.29, 0.717) is 24.3 Å². The van der Waals surface area contributed by atoms with Crippen LogP contribution < -0.4 is 22.5 Å². The number of aromatic amines is 1. The number of nitrogens with one attached hydrogen (secondary N) is 1. The first-order valence-corrected chi connectivity index (χ1v) is 33.4. The van der Waals surface area contributed by atoms with Crippen molar-refractivity contribution in [2.24, 2.45) is 0 Å². The Labute approximate surface area is 480 Å². The lowest BCUT2D eigenvalue weighted by atomic mass is 9.67. The van der Waals surface area contributed by atoms with Crippen LogP contribution in [0.1, 0.15) is 248 Å². The fraction of sp³-hybridized carbons (Fsp3) is 0.692. The van der Waals surface area contributed by atoms with Gasteiger partial charge in [-0.2, -0.15) is 0 Å². The van der Waals surface area contributed by atoms with E-state index >= 15 is 9.59 Å². The van der Waals surface area contributed by atoms with E-state index in [-0.39, 0.29) is 56.3 Å². The lowest BCUT2D eigenvalue weighted by Gasteiger charge is -2.37. The number of benzene rings is 2. The van der Waals surface area contributed by atoms with Gasteiger partial charge in [0, 0.05) is 31.6 Å². The third-order valence-electron chi connectivity index (χ3n) is 15.8. The number of H-pyrrole nitrogens is 1. The van der Waals surface area contributed by atoms with Crippen molar-refractivity contribution in [2.45, 2.75) is 251 Å². The monoisotopic (exact) mass is 1130 g/mol. The average Bonchev–Trinajstić information content (AvgIpc) is 3.49. The predicted octanol–water partition coefficient (Wildman–Crippen LogP) is 14.6. The van der Waals surface area contributed by atoms with E-state index in [1.54, 1.807) is 0 Å². The maximum atomic E-state index is 15.8. The second kappa shape index (κ2) is 40.9. The number of rotatable bonds is 49. The summed E-state index contributed by atoms with van der Waals surface area (Å²) >= 11 is 0. The molecule has 0 aliphatic rings. The maximum absolute atomic E-state index is 15.8. The second-order valence-electron chi connectivity index (χ2n) is 22.5. The number of ether oxygens (including phenoxy) is 3. The van der Waals surface area contributed by atoms with Gasteiger partial charge in [0.25, 0.3) is 11.1 Å². The largest absolute Gasteiger partial charge is 0.381 e. The van der Waals surface area contributed by atoms with Crippen molar-refractivity contribution in [3.63, 3.8) is 0 Å². The number of aromatic nitrogens is 4. The molecule has 450 valence electrons. The molecule has 0 atom stereocenters. The Hall–Kier alpha value is -4.17. The van der Waals surface area contributed by atoms with Crippen LogP contribution in [0, 0.1) is 6.92 Å². The topological polar surface area (TPSA) is 184 Å². The first-order valence-electron chi connectivity index (χ1n) is 31.6. The van der Waals surface area contributed by atoms with Gasteiger partial charge >= 0.3 is 19.0 Å². The standard InChI is InChI=1S/C65H105N4O10P/c1-4-6-8-10-12-14-16-18-20-22-24-26-28-30-32-40-49-77-51-46-65(57-42-36-34-37-43-57,58-44-38-35-39-45-58)59-61(69-54-56(3)60(70)66-63(69)72)67(47-53-79-55-80(74,75)76)64(73)68(62(59)71)48-52-78-50-41-33-31-29-27-25-23-21-19-17-15-13-11-9-7-5-2/h34-39,42-45,54H,4-33,40-41,46-53,55H2,1-3H3,(H,66,70,72)(H2,74,75,76). The average molecular weight is 1130 g/mol. The summed E-state index contributed by atoms with van der Waals surface area (Å²) in [6.45, 7) is 6.55. The molecule has 2 aromatic carbocycles. The SMILES string of the molecule is CCCCCCCCCCCCCCCCCCOCCn1c(=O)c(C(CCOCCCCCCCCCCCCCCCCCC)(c2ccccc2)c2ccccc2)c(-n2cc(C)c(=O)[nH]c2=O)n(CCOCP(=O)(O)O)c1=O. The van der Waals surface area contributed by atoms with Crippen LogP contribution in [0.25, 0.3) is 5.82 Å². The van der Waals surface area contributed by atoms with Crippen LogP contribution in [0.15, 0.2) is 86.0 Å². The maximum Gasteiger partial charge on any atom is 0.350 e. The fourth-order valence-electron chi connectivity index (χ4n) is 11.2. The van der Waals surface area contributed by atoms with Gasteiger partial charge < -0.3 is 24.0 Å². The van der Waals surface area contributed by atoms with Crippen molar-refractivity contribution in [1.29, 1.82) is 0 Å². The molecule has 3 N–H and O–H groups in total. The number of unbranched alkanes of at least 4 members (excludes halogenated alkanes) is 30. The highest BCUT2D eigenvalue weighted by Crippen LogP contribution is 2.43. The van der Waals surface area contributed by atoms with Crippen molar-refractivity contribution >= 4 is 7.60 Å². The first kappa shape index (κ1) is 68.3. The molecule has 2 aromatic heterocycles. The van der Waals surface area contributed by atoms with Crippen molar-refractivity contribution < 1.29 is 28.6 Å². The summed E-state index contributed by atoms with van der Waals surface area (Å²) in [5.74, 6) is -0.0972. The molecular formula is C65H105N4O10P. The second-order valence-corrected chi connectivity index (χ2v) is 24.0. The quantitative estimate of drug-likeness (QED) is 0.0284. The summed E-state index contributed by atoms with van der Waals surface area (Å²) in [5.41, 5.74) is -2.62. The minimum absolute atomic E-state index is 0.0607. The van der Waals surface area contributed by atoms with Gasteiger partial charge in [0.15, 0.2) is 0 Å². The van der Waals surface area contributed by atoms with Gasteiger partial charge in [-0.1, -0.05) is 267 Å². The molecule has 0 fully saturated rings. The van der Waals surface area contributed by atoms with Crippen LogP contribution in [0.2, 0.25) is 0 Å². The Morgan fingerprint density at radius 3 is 1.27 bits per heavy atom. The molecule has 15 heteroatoms. The number of hydrogen-bond donors (Lipinski definition) is 3. The van der Waals surface area contributed by atoms with Crippen molar-refractivity contribution in [3.05, 3.63) is 131 Å². The number of hydrogen-bond acceptors (Lipinski definition) is 8. The normalized spacial score (nSPS) is 12.0. The molecule has 14 nitrogen and oxygen atoms in total. The molecule has 0 saturated heterocycles. The molecular weight excluding hydrogens is 1030 g/mol. The van der Waals surface area contributed by atoms with E-state index in [2.05, 4.69) is 18.8 Å². The zero-order valence-corrected chi connectivity index (χ0v) is 50.7. The molecule has 0 spiro atoms. The van der Waals surface area contributed by atoms with Crippen molar-refractivity contribution in [3.8, 4) is 5.82 Å². The van der Waals surface area contributed by atoms with E-state index in [1.165, 1.54) is 185 Å². The molecule has 0 bridgehead atoms. The number of nitrogens with zero attached hydrogens (tertiary/aromatic N) is 3. The summed E-state index contributed by atoms with van der Waals surface area (Å²) in [7, 11) is -4.60. The fourth-order valence-corrected chi connectivity index (χ4v) is 11.5. The highest BCUT2D eigenvalue weighted by molar-refractivity contribution is 7.51. The van der Waals surface area contributed by atoms with Gasteiger partial charge in [-0.15, -0.1) is 0 Å². The summed E-state index contributed by atoms with van der Waals surface area (Å²) in [6, 6.07) is 19.0. The molecule has 2 heterocycles. The zero-order valence-electron chi connectivity index (χ0n) is 49.8. The van der Waals surface area contributed by atoms with E-state index in [9.17, 15) is 23.9 Å². The molecule has 0 radical (unpaired) electrons. The zero-order chi connectivity index (χ0) is 57.5. The Morgan fingerprint density at radius 1 is 0.487 bits per heavy atom. The van der Waals surface area contributed by atoms with E-state index in [4.69, 9.17) is 14.2 Å².